The molecular formula is C16H16Cl3NO. The van der Waals surface area contributed by atoms with Crippen molar-refractivity contribution in [3.8, 4) is 5.75 Å². The van der Waals surface area contributed by atoms with Gasteiger partial charge in [-0.15, -0.1) is 0 Å². The molecule has 112 valence electrons. The van der Waals surface area contributed by atoms with Crippen molar-refractivity contribution in [2.24, 2.45) is 0 Å². The Kier molecular flexibility index (Phi) is 6.04. The second-order valence-corrected chi connectivity index (χ2v) is 5.86. The fourth-order valence-corrected chi connectivity index (χ4v) is 2.41. The maximum Gasteiger partial charge on any atom is 0.124 e. The fourth-order valence-electron chi connectivity index (χ4n) is 1.86. The zero-order chi connectivity index (χ0) is 15.2. The predicted molar refractivity (Wildman–Crippen MR) is 91.0 cm³/mol. The first kappa shape index (κ1) is 16.3. The molecule has 0 aliphatic rings. The number of hydrogen-bond acceptors (Lipinski definition) is 2. The number of benzene rings is 2. The van der Waals surface area contributed by atoms with Crippen LogP contribution in [0.4, 0.5) is 5.69 Å². The minimum atomic E-state index is 0.555. The highest BCUT2D eigenvalue weighted by Gasteiger charge is 2.07. The summed E-state index contributed by atoms with van der Waals surface area (Å²) in [5, 5.41) is 5.19. The zero-order valence-electron chi connectivity index (χ0n) is 11.6. The van der Waals surface area contributed by atoms with Crippen LogP contribution >= 0.6 is 34.8 Å². The van der Waals surface area contributed by atoms with Crippen molar-refractivity contribution < 1.29 is 4.74 Å². The van der Waals surface area contributed by atoms with E-state index in [-0.39, 0.29) is 0 Å². The van der Waals surface area contributed by atoms with Crippen LogP contribution in [0.3, 0.4) is 0 Å². The van der Waals surface area contributed by atoms with E-state index in [0.717, 1.165) is 23.4 Å². The molecule has 0 aromatic heterocycles. The van der Waals surface area contributed by atoms with Crippen molar-refractivity contribution in [2.75, 3.05) is 11.9 Å². The van der Waals surface area contributed by atoms with E-state index >= 15 is 0 Å². The molecule has 5 heteroatoms. The van der Waals surface area contributed by atoms with E-state index in [9.17, 15) is 0 Å². The molecule has 0 aliphatic carbocycles. The number of ether oxygens (including phenoxy) is 1. The van der Waals surface area contributed by atoms with Crippen LogP contribution in [0.15, 0.2) is 36.4 Å². The Balaban J connectivity index is 2.14. The lowest BCUT2D eigenvalue weighted by molar-refractivity contribution is 0.314. The van der Waals surface area contributed by atoms with Crippen molar-refractivity contribution in [3.63, 3.8) is 0 Å². The Labute approximate surface area is 140 Å². The minimum absolute atomic E-state index is 0.555. The van der Waals surface area contributed by atoms with Crippen molar-refractivity contribution in [3.05, 3.63) is 57.0 Å². The average molecular weight is 345 g/mol. The lowest BCUT2D eigenvalue weighted by atomic mass is 10.2. The Morgan fingerprint density at radius 2 is 1.71 bits per heavy atom. The highest BCUT2D eigenvalue weighted by Crippen LogP contribution is 2.28. The van der Waals surface area contributed by atoms with Crippen molar-refractivity contribution in [1.82, 2.24) is 0 Å². The second-order valence-electron chi connectivity index (χ2n) is 4.58. The van der Waals surface area contributed by atoms with Gasteiger partial charge in [0.15, 0.2) is 0 Å². The van der Waals surface area contributed by atoms with Gasteiger partial charge >= 0.3 is 0 Å². The molecule has 0 atom stereocenters. The van der Waals surface area contributed by atoms with Gasteiger partial charge in [0.2, 0.25) is 0 Å². The highest BCUT2D eigenvalue weighted by atomic mass is 35.5. The van der Waals surface area contributed by atoms with E-state index in [4.69, 9.17) is 39.5 Å². The van der Waals surface area contributed by atoms with Crippen LogP contribution in [0.5, 0.6) is 5.75 Å². The fraction of sp³-hybridized carbons (Fsp3) is 0.250. The lowest BCUT2D eigenvalue weighted by Gasteiger charge is -2.14. The molecule has 21 heavy (non-hydrogen) atoms. The number of nitrogens with one attached hydrogen (secondary N) is 1. The molecule has 0 radical (unpaired) electrons. The summed E-state index contributed by atoms with van der Waals surface area (Å²) < 4.78 is 5.73. The normalized spacial score (nSPS) is 10.5. The van der Waals surface area contributed by atoms with E-state index in [1.807, 2.05) is 18.2 Å². The Morgan fingerprint density at radius 1 is 1.00 bits per heavy atom. The SMILES string of the molecule is CCCOc1ccc(Cl)cc1CNc1cc(Cl)ccc1Cl. The summed E-state index contributed by atoms with van der Waals surface area (Å²) in [6.07, 6.45) is 0.954. The molecule has 0 spiro atoms. The molecule has 0 unspecified atom stereocenters. The maximum atomic E-state index is 6.14. The molecule has 0 aliphatic heterocycles. The monoisotopic (exact) mass is 343 g/mol. The predicted octanol–water partition coefficient (Wildman–Crippen LogP) is 6.05. The van der Waals surface area contributed by atoms with Gasteiger partial charge in [-0.1, -0.05) is 41.7 Å². The van der Waals surface area contributed by atoms with E-state index in [0.29, 0.717) is 28.2 Å². The van der Waals surface area contributed by atoms with Gasteiger partial charge in [0.1, 0.15) is 5.75 Å². The number of hydrogen-bond donors (Lipinski definition) is 1. The first-order chi connectivity index (χ1) is 10.1. The van der Waals surface area contributed by atoms with Gasteiger partial charge in [-0.2, -0.15) is 0 Å². The number of rotatable bonds is 6. The molecule has 0 saturated heterocycles. The zero-order valence-corrected chi connectivity index (χ0v) is 13.9. The molecule has 0 bridgehead atoms. The van der Waals surface area contributed by atoms with Crippen LogP contribution < -0.4 is 10.1 Å². The number of anilines is 1. The molecule has 1 N–H and O–H groups in total. The summed E-state index contributed by atoms with van der Waals surface area (Å²) in [5.74, 6) is 0.826. The van der Waals surface area contributed by atoms with Crippen molar-refractivity contribution >= 4 is 40.5 Å². The average Bonchev–Trinajstić information content (AvgIpc) is 2.47. The third kappa shape index (κ3) is 4.70. The van der Waals surface area contributed by atoms with Crippen LogP contribution in [0, 0.1) is 0 Å². The highest BCUT2D eigenvalue weighted by molar-refractivity contribution is 6.35. The molecule has 2 aromatic carbocycles. The molecule has 0 amide bonds. The summed E-state index contributed by atoms with van der Waals surface area (Å²) in [5.41, 5.74) is 1.76. The quantitative estimate of drug-likeness (QED) is 0.689. The molecule has 0 saturated carbocycles. The van der Waals surface area contributed by atoms with Gasteiger partial charge in [0.05, 0.1) is 17.3 Å². The second kappa shape index (κ2) is 7.79. The molecule has 2 rings (SSSR count). The standard InChI is InChI=1S/C16H16Cl3NO/c1-2-7-21-16-6-4-12(17)8-11(16)10-20-15-9-13(18)3-5-14(15)19/h3-6,8-9,20H,2,7,10H2,1H3. The topological polar surface area (TPSA) is 21.3 Å². The Bertz CT molecular complexity index is 616. The Morgan fingerprint density at radius 3 is 2.48 bits per heavy atom. The van der Waals surface area contributed by atoms with E-state index in [1.54, 1.807) is 18.2 Å². The van der Waals surface area contributed by atoms with Gasteiger partial charge in [-0.3, -0.25) is 0 Å². The maximum absolute atomic E-state index is 6.14. The molecule has 0 fully saturated rings. The van der Waals surface area contributed by atoms with Crippen LogP contribution in [-0.2, 0) is 6.54 Å². The summed E-state index contributed by atoms with van der Waals surface area (Å²) in [6.45, 7) is 3.30. The van der Waals surface area contributed by atoms with Crippen molar-refractivity contribution in [1.29, 1.82) is 0 Å². The molecule has 2 nitrogen and oxygen atoms in total. The van der Waals surface area contributed by atoms with Gasteiger partial charge in [-0.25, -0.2) is 0 Å². The number of halogens is 3. The first-order valence-corrected chi connectivity index (χ1v) is 7.83. The molecule has 0 heterocycles. The Hall–Kier alpha value is -1.09. The lowest BCUT2D eigenvalue weighted by Crippen LogP contribution is -2.04. The van der Waals surface area contributed by atoms with E-state index < -0.39 is 0 Å². The van der Waals surface area contributed by atoms with Crippen LogP contribution in [0.25, 0.3) is 0 Å². The van der Waals surface area contributed by atoms with Gasteiger partial charge < -0.3 is 10.1 Å². The minimum Gasteiger partial charge on any atom is -0.493 e. The largest absolute Gasteiger partial charge is 0.493 e. The summed E-state index contributed by atoms with van der Waals surface area (Å²) in [4.78, 5) is 0. The summed E-state index contributed by atoms with van der Waals surface area (Å²) in [7, 11) is 0. The van der Waals surface area contributed by atoms with Crippen LogP contribution in [0.1, 0.15) is 18.9 Å². The van der Waals surface area contributed by atoms with Crippen molar-refractivity contribution in [2.45, 2.75) is 19.9 Å². The first-order valence-electron chi connectivity index (χ1n) is 6.70. The molecular weight excluding hydrogens is 329 g/mol. The smallest absolute Gasteiger partial charge is 0.124 e. The van der Waals surface area contributed by atoms with E-state index in [2.05, 4.69) is 12.2 Å². The van der Waals surface area contributed by atoms with Crippen LogP contribution in [-0.4, -0.2) is 6.61 Å². The van der Waals surface area contributed by atoms with Gasteiger partial charge in [0.25, 0.3) is 0 Å². The van der Waals surface area contributed by atoms with Gasteiger partial charge in [-0.05, 0) is 42.8 Å². The summed E-state index contributed by atoms with van der Waals surface area (Å²) in [6, 6.07) is 10.9. The summed E-state index contributed by atoms with van der Waals surface area (Å²) >= 11 is 18.2. The van der Waals surface area contributed by atoms with Crippen LogP contribution in [0.2, 0.25) is 15.1 Å². The third-order valence-corrected chi connectivity index (χ3v) is 3.68. The van der Waals surface area contributed by atoms with E-state index in [1.165, 1.54) is 0 Å². The van der Waals surface area contributed by atoms with Gasteiger partial charge in [0, 0.05) is 22.2 Å². The molecule has 2 aromatic rings. The third-order valence-electron chi connectivity index (χ3n) is 2.88.